The number of carbonyl (C=O) groups excluding carboxylic acids is 1. The van der Waals surface area contributed by atoms with Gasteiger partial charge < -0.3 is 19.3 Å². The molecule has 0 aliphatic carbocycles. The standard InChI is InChI=1S/C25H28N2O3/c1-26(21-12-10-18-7-4-5-8-19(18)15-21)17-25(28)27-14-6-9-22(27)20-11-13-23(29-2)24(16-20)30-3/h4-5,7-8,10-13,15-16,22H,6,9,14,17H2,1-3H3. The highest BCUT2D eigenvalue weighted by Gasteiger charge is 2.31. The highest BCUT2D eigenvalue weighted by molar-refractivity contribution is 5.87. The molecule has 0 N–H and O–H groups in total. The van der Waals surface area contributed by atoms with Crippen molar-refractivity contribution in [3.63, 3.8) is 0 Å². The molecule has 1 fully saturated rings. The van der Waals surface area contributed by atoms with E-state index in [4.69, 9.17) is 9.47 Å². The van der Waals surface area contributed by atoms with Gasteiger partial charge in [0.1, 0.15) is 0 Å². The van der Waals surface area contributed by atoms with Gasteiger partial charge in [-0.05, 0) is 53.4 Å². The van der Waals surface area contributed by atoms with Gasteiger partial charge in [0.2, 0.25) is 5.91 Å². The number of hydrogen-bond acceptors (Lipinski definition) is 4. The fraction of sp³-hybridized carbons (Fsp3) is 0.320. The zero-order chi connectivity index (χ0) is 21.1. The van der Waals surface area contributed by atoms with Crippen LogP contribution in [0.15, 0.2) is 60.7 Å². The van der Waals surface area contributed by atoms with Crippen LogP contribution in [0.25, 0.3) is 10.8 Å². The summed E-state index contributed by atoms with van der Waals surface area (Å²) in [7, 11) is 5.24. The average molecular weight is 405 g/mol. The summed E-state index contributed by atoms with van der Waals surface area (Å²) in [4.78, 5) is 17.2. The van der Waals surface area contributed by atoms with Crippen LogP contribution in [0.1, 0.15) is 24.4 Å². The minimum atomic E-state index is 0.0716. The van der Waals surface area contributed by atoms with E-state index in [1.54, 1.807) is 14.2 Å². The second kappa shape index (κ2) is 8.66. The van der Waals surface area contributed by atoms with Crippen molar-refractivity contribution in [2.45, 2.75) is 18.9 Å². The molecule has 1 unspecified atom stereocenters. The number of nitrogens with zero attached hydrogens (tertiary/aromatic N) is 2. The van der Waals surface area contributed by atoms with Crippen LogP contribution in [-0.4, -0.2) is 45.2 Å². The molecule has 1 atom stereocenters. The van der Waals surface area contributed by atoms with Crippen molar-refractivity contribution in [1.82, 2.24) is 4.90 Å². The highest BCUT2D eigenvalue weighted by Crippen LogP contribution is 2.37. The second-order valence-electron chi connectivity index (χ2n) is 7.75. The lowest BCUT2D eigenvalue weighted by molar-refractivity contribution is -0.130. The maximum Gasteiger partial charge on any atom is 0.242 e. The van der Waals surface area contributed by atoms with E-state index in [2.05, 4.69) is 30.3 Å². The molecule has 1 heterocycles. The Balaban J connectivity index is 1.50. The van der Waals surface area contributed by atoms with Gasteiger partial charge in [0, 0.05) is 19.3 Å². The Labute approximate surface area is 177 Å². The number of anilines is 1. The van der Waals surface area contributed by atoms with Gasteiger partial charge in [-0.25, -0.2) is 0 Å². The predicted molar refractivity (Wildman–Crippen MR) is 120 cm³/mol. The molecule has 0 bridgehead atoms. The smallest absolute Gasteiger partial charge is 0.242 e. The van der Waals surface area contributed by atoms with E-state index < -0.39 is 0 Å². The van der Waals surface area contributed by atoms with E-state index >= 15 is 0 Å². The Morgan fingerprint density at radius 1 is 1.00 bits per heavy atom. The van der Waals surface area contributed by atoms with E-state index in [9.17, 15) is 4.79 Å². The molecule has 4 rings (SSSR count). The number of likely N-dealkylation sites (tertiary alicyclic amines) is 1. The molecule has 156 valence electrons. The van der Waals surface area contributed by atoms with Gasteiger partial charge in [0.25, 0.3) is 0 Å². The average Bonchev–Trinajstić information content (AvgIpc) is 3.28. The van der Waals surface area contributed by atoms with Crippen LogP contribution < -0.4 is 14.4 Å². The Bertz CT molecular complexity index is 1050. The lowest BCUT2D eigenvalue weighted by Gasteiger charge is -2.28. The number of ether oxygens (including phenoxy) is 2. The number of rotatable bonds is 6. The number of methoxy groups -OCH3 is 2. The molecular weight excluding hydrogens is 376 g/mol. The number of benzene rings is 3. The summed E-state index contributed by atoms with van der Waals surface area (Å²) in [6.07, 6.45) is 1.96. The van der Waals surface area contributed by atoms with E-state index in [0.29, 0.717) is 18.0 Å². The fourth-order valence-corrected chi connectivity index (χ4v) is 4.27. The van der Waals surface area contributed by atoms with Crippen molar-refractivity contribution >= 4 is 22.4 Å². The number of carbonyl (C=O) groups is 1. The summed E-state index contributed by atoms with van der Waals surface area (Å²) in [6, 6.07) is 20.6. The van der Waals surface area contributed by atoms with E-state index in [-0.39, 0.29) is 11.9 Å². The molecule has 3 aromatic carbocycles. The largest absolute Gasteiger partial charge is 0.493 e. The molecule has 1 aliphatic heterocycles. The zero-order valence-corrected chi connectivity index (χ0v) is 17.8. The summed E-state index contributed by atoms with van der Waals surface area (Å²) < 4.78 is 10.8. The van der Waals surface area contributed by atoms with E-state index in [1.807, 2.05) is 47.2 Å². The summed E-state index contributed by atoms with van der Waals surface area (Å²) in [5.41, 5.74) is 2.13. The third-order valence-corrected chi connectivity index (χ3v) is 5.91. The molecule has 0 saturated carbocycles. The van der Waals surface area contributed by atoms with Crippen LogP contribution in [0, 0.1) is 0 Å². The lowest BCUT2D eigenvalue weighted by Crippen LogP contribution is -2.38. The molecule has 1 saturated heterocycles. The normalized spacial score (nSPS) is 16.0. The molecule has 3 aromatic rings. The molecule has 30 heavy (non-hydrogen) atoms. The zero-order valence-electron chi connectivity index (χ0n) is 17.8. The van der Waals surface area contributed by atoms with Gasteiger partial charge in [0.15, 0.2) is 11.5 Å². The maximum absolute atomic E-state index is 13.2. The van der Waals surface area contributed by atoms with Crippen LogP contribution in [-0.2, 0) is 4.79 Å². The van der Waals surface area contributed by atoms with Crippen molar-refractivity contribution in [2.24, 2.45) is 0 Å². The van der Waals surface area contributed by atoms with Crippen LogP contribution >= 0.6 is 0 Å². The van der Waals surface area contributed by atoms with Gasteiger partial charge >= 0.3 is 0 Å². The Morgan fingerprint density at radius 2 is 1.77 bits per heavy atom. The van der Waals surface area contributed by atoms with Crippen LogP contribution in [0.2, 0.25) is 0 Å². The maximum atomic E-state index is 13.2. The first-order valence-electron chi connectivity index (χ1n) is 10.3. The van der Waals surface area contributed by atoms with Crippen molar-refractivity contribution in [3.8, 4) is 11.5 Å². The van der Waals surface area contributed by atoms with Gasteiger partial charge in [-0.1, -0.05) is 36.4 Å². The van der Waals surface area contributed by atoms with Gasteiger partial charge in [-0.3, -0.25) is 4.79 Å². The quantitative estimate of drug-likeness (QED) is 0.599. The third-order valence-electron chi connectivity index (χ3n) is 5.91. The number of fused-ring (bicyclic) bond motifs is 1. The molecular formula is C25H28N2O3. The molecule has 5 heteroatoms. The van der Waals surface area contributed by atoms with Crippen molar-refractivity contribution in [1.29, 1.82) is 0 Å². The number of amides is 1. The van der Waals surface area contributed by atoms with Crippen LogP contribution in [0.5, 0.6) is 11.5 Å². The Morgan fingerprint density at radius 3 is 2.53 bits per heavy atom. The van der Waals surface area contributed by atoms with Crippen molar-refractivity contribution in [3.05, 3.63) is 66.2 Å². The molecule has 0 spiro atoms. The fourth-order valence-electron chi connectivity index (χ4n) is 4.27. The minimum absolute atomic E-state index is 0.0716. The molecule has 1 aliphatic rings. The van der Waals surface area contributed by atoms with Crippen LogP contribution in [0.3, 0.4) is 0 Å². The van der Waals surface area contributed by atoms with Crippen LogP contribution in [0.4, 0.5) is 5.69 Å². The first kappa shape index (κ1) is 20.1. The SMILES string of the molecule is COc1ccc(C2CCCN2C(=O)CN(C)c2ccc3ccccc3c2)cc1OC. The summed E-state index contributed by atoms with van der Waals surface area (Å²) in [6.45, 7) is 1.13. The first-order valence-corrected chi connectivity index (χ1v) is 10.3. The van der Waals surface area contributed by atoms with Gasteiger partial charge in [0.05, 0.1) is 26.8 Å². The van der Waals surface area contributed by atoms with E-state index in [1.165, 1.54) is 10.8 Å². The van der Waals surface area contributed by atoms with Gasteiger partial charge in [-0.2, -0.15) is 0 Å². The van der Waals surface area contributed by atoms with Crippen molar-refractivity contribution in [2.75, 3.05) is 39.3 Å². The summed E-state index contributed by atoms with van der Waals surface area (Å²) in [5.74, 6) is 1.54. The third kappa shape index (κ3) is 3.92. The molecule has 5 nitrogen and oxygen atoms in total. The van der Waals surface area contributed by atoms with Gasteiger partial charge in [-0.15, -0.1) is 0 Å². The Kier molecular flexibility index (Phi) is 5.79. The number of hydrogen-bond donors (Lipinski definition) is 0. The second-order valence-corrected chi connectivity index (χ2v) is 7.75. The molecule has 0 radical (unpaired) electrons. The summed E-state index contributed by atoms with van der Waals surface area (Å²) in [5, 5.41) is 2.38. The Hall–Kier alpha value is -3.21. The predicted octanol–water partition coefficient (Wildman–Crippen LogP) is 4.66. The topological polar surface area (TPSA) is 42.0 Å². The minimum Gasteiger partial charge on any atom is -0.493 e. The number of likely N-dealkylation sites (N-methyl/N-ethyl adjacent to an activating group) is 1. The first-order chi connectivity index (χ1) is 14.6. The lowest BCUT2D eigenvalue weighted by atomic mass is 10.0. The monoisotopic (exact) mass is 404 g/mol. The highest BCUT2D eigenvalue weighted by atomic mass is 16.5. The summed E-state index contributed by atoms with van der Waals surface area (Å²) >= 11 is 0. The molecule has 0 aromatic heterocycles. The van der Waals surface area contributed by atoms with E-state index in [0.717, 1.165) is 30.6 Å². The van der Waals surface area contributed by atoms with Crippen molar-refractivity contribution < 1.29 is 14.3 Å². The molecule has 1 amide bonds.